The maximum Gasteiger partial charge on any atom is 0.406 e. The van der Waals surface area contributed by atoms with Crippen molar-refractivity contribution in [2.75, 3.05) is 32.7 Å². The molecule has 1 rings (SSSR count). The van der Waals surface area contributed by atoms with E-state index in [1.807, 2.05) is 0 Å². The first-order valence-electron chi connectivity index (χ1n) is 6.24. The highest BCUT2D eigenvalue weighted by atomic mass is 19.4. The summed E-state index contributed by atoms with van der Waals surface area (Å²) in [6.45, 7) is -0.167. The molecule has 1 aliphatic heterocycles. The van der Waals surface area contributed by atoms with Crippen LogP contribution in [-0.4, -0.2) is 54.7 Å². The standard InChI is InChI=1S/C11H20F3N3O/c12-11(13,14)9-17(8-5-15)10(18)16-6-3-1-2-4-7-16/h1-9,15H2. The molecule has 0 radical (unpaired) electrons. The summed E-state index contributed by atoms with van der Waals surface area (Å²) in [4.78, 5) is 14.3. The maximum atomic E-state index is 12.4. The molecular weight excluding hydrogens is 247 g/mol. The first-order valence-corrected chi connectivity index (χ1v) is 6.24. The number of urea groups is 1. The molecule has 1 aliphatic rings. The first-order chi connectivity index (χ1) is 8.44. The second-order valence-electron chi connectivity index (χ2n) is 4.51. The van der Waals surface area contributed by atoms with Crippen LogP contribution in [0, 0.1) is 0 Å². The van der Waals surface area contributed by atoms with Crippen molar-refractivity contribution < 1.29 is 18.0 Å². The number of halogens is 3. The topological polar surface area (TPSA) is 49.6 Å². The number of nitrogens with zero attached hydrogens (tertiary/aromatic N) is 2. The van der Waals surface area contributed by atoms with E-state index < -0.39 is 18.8 Å². The Labute approximate surface area is 105 Å². The van der Waals surface area contributed by atoms with Gasteiger partial charge in [0.15, 0.2) is 0 Å². The summed E-state index contributed by atoms with van der Waals surface area (Å²) in [5, 5.41) is 0. The molecule has 0 bridgehead atoms. The molecule has 7 heteroatoms. The molecule has 18 heavy (non-hydrogen) atoms. The van der Waals surface area contributed by atoms with Gasteiger partial charge in [-0.15, -0.1) is 0 Å². The van der Waals surface area contributed by atoms with E-state index in [1.165, 1.54) is 4.90 Å². The van der Waals surface area contributed by atoms with Crippen LogP contribution in [0.2, 0.25) is 0 Å². The lowest BCUT2D eigenvalue weighted by Crippen LogP contribution is -2.49. The maximum absolute atomic E-state index is 12.4. The molecule has 1 saturated heterocycles. The monoisotopic (exact) mass is 267 g/mol. The summed E-state index contributed by atoms with van der Waals surface area (Å²) < 4.78 is 37.2. The molecule has 1 heterocycles. The number of alkyl halides is 3. The van der Waals surface area contributed by atoms with Gasteiger partial charge in [0.1, 0.15) is 6.54 Å². The Morgan fingerprint density at radius 1 is 1.17 bits per heavy atom. The van der Waals surface area contributed by atoms with E-state index in [0.717, 1.165) is 30.6 Å². The van der Waals surface area contributed by atoms with Crippen molar-refractivity contribution >= 4 is 6.03 Å². The Bertz CT molecular complexity index is 263. The zero-order valence-electron chi connectivity index (χ0n) is 10.4. The van der Waals surface area contributed by atoms with Crippen molar-refractivity contribution in [3.05, 3.63) is 0 Å². The Morgan fingerprint density at radius 2 is 1.72 bits per heavy atom. The van der Waals surface area contributed by atoms with Crippen LogP contribution in [0.1, 0.15) is 25.7 Å². The highest BCUT2D eigenvalue weighted by molar-refractivity contribution is 5.74. The summed E-state index contributed by atoms with van der Waals surface area (Å²) in [5.74, 6) is 0. The lowest BCUT2D eigenvalue weighted by molar-refractivity contribution is -0.140. The molecule has 0 spiro atoms. The van der Waals surface area contributed by atoms with Gasteiger partial charge in [0, 0.05) is 26.2 Å². The van der Waals surface area contributed by atoms with Crippen molar-refractivity contribution in [1.29, 1.82) is 0 Å². The van der Waals surface area contributed by atoms with Crippen LogP contribution < -0.4 is 5.73 Å². The summed E-state index contributed by atoms with van der Waals surface area (Å²) in [5.41, 5.74) is 5.27. The minimum atomic E-state index is -4.38. The fourth-order valence-electron chi connectivity index (χ4n) is 2.08. The minimum absolute atomic E-state index is 0.0374. The van der Waals surface area contributed by atoms with Gasteiger partial charge in [-0.3, -0.25) is 0 Å². The van der Waals surface area contributed by atoms with Crippen LogP contribution in [0.25, 0.3) is 0 Å². The van der Waals surface area contributed by atoms with E-state index in [4.69, 9.17) is 5.73 Å². The number of likely N-dealkylation sites (tertiary alicyclic amines) is 1. The number of nitrogens with two attached hydrogens (primary N) is 1. The van der Waals surface area contributed by atoms with Gasteiger partial charge in [0.05, 0.1) is 0 Å². The number of carbonyl (C=O) groups excluding carboxylic acids is 1. The predicted octanol–water partition coefficient (Wildman–Crippen LogP) is 1.81. The molecule has 0 atom stereocenters. The van der Waals surface area contributed by atoms with Crippen molar-refractivity contribution in [2.45, 2.75) is 31.9 Å². The van der Waals surface area contributed by atoms with Crippen LogP contribution in [0.15, 0.2) is 0 Å². The lowest BCUT2D eigenvalue weighted by atomic mass is 10.2. The van der Waals surface area contributed by atoms with Gasteiger partial charge in [-0.05, 0) is 12.8 Å². The molecule has 0 aromatic rings. The van der Waals surface area contributed by atoms with E-state index >= 15 is 0 Å². The SMILES string of the molecule is NCCN(CC(F)(F)F)C(=O)N1CCCCCC1. The molecule has 106 valence electrons. The van der Waals surface area contributed by atoms with Gasteiger partial charge >= 0.3 is 12.2 Å². The van der Waals surface area contributed by atoms with E-state index in [9.17, 15) is 18.0 Å². The van der Waals surface area contributed by atoms with Crippen molar-refractivity contribution in [3.8, 4) is 0 Å². The Morgan fingerprint density at radius 3 is 2.17 bits per heavy atom. The Balaban J connectivity index is 2.62. The predicted molar refractivity (Wildman–Crippen MR) is 62.1 cm³/mol. The van der Waals surface area contributed by atoms with Crippen LogP contribution in [0.4, 0.5) is 18.0 Å². The third kappa shape index (κ3) is 5.12. The largest absolute Gasteiger partial charge is 0.406 e. The van der Waals surface area contributed by atoms with Crippen LogP contribution in [0.5, 0.6) is 0 Å². The molecule has 0 unspecified atom stereocenters. The molecule has 0 aromatic carbocycles. The van der Waals surface area contributed by atoms with E-state index in [2.05, 4.69) is 0 Å². The highest BCUT2D eigenvalue weighted by Crippen LogP contribution is 2.18. The van der Waals surface area contributed by atoms with Crippen molar-refractivity contribution in [2.24, 2.45) is 5.73 Å². The molecule has 2 amide bonds. The molecule has 0 saturated carbocycles. The number of hydrogen-bond acceptors (Lipinski definition) is 2. The zero-order chi connectivity index (χ0) is 13.6. The molecule has 0 aromatic heterocycles. The van der Waals surface area contributed by atoms with E-state index in [1.54, 1.807) is 0 Å². The van der Waals surface area contributed by atoms with Crippen molar-refractivity contribution in [1.82, 2.24) is 9.80 Å². The number of carbonyl (C=O) groups is 1. The van der Waals surface area contributed by atoms with Gasteiger partial charge in [-0.25, -0.2) is 4.79 Å². The molecule has 2 N–H and O–H groups in total. The second-order valence-corrected chi connectivity index (χ2v) is 4.51. The van der Waals surface area contributed by atoms with Gasteiger partial charge in [0.2, 0.25) is 0 Å². The molecular formula is C11H20F3N3O. The number of rotatable bonds is 3. The fraction of sp³-hybridized carbons (Fsp3) is 0.909. The summed E-state index contributed by atoms with van der Waals surface area (Å²) in [6.07, 6.45) is -0.612. The summed E-state index contributed by atoms with van der Waals surface area (Å²) in [6, 6.07) is -0.542. The Hall–Kier alpha value is -0.980. The van der Waals surface area contributed by atoms with Gasteiger partial charge in [-0.1, -0.05) is 12.8 Å². The second kappa shape index (κ2) is 6.82. The molecule has 1 fully saturated rings. The van der Waals surface area contributed by atoms with Crippen LogP contribution in [-0.2, 0) is 0 Å². The summed E-state index contributed by atoms with van der Waals surface area (Å²) >= 11 is 0. The first kappa shape index (κ1) is 15.1. The molecule has 0 aliphatic carbocycles. The van der Waals surface area contributed by atoms with Crippen molar-refractivity contribution in [3.63, 3.8) is 0 Å². The van der Waals surface area contributed by atoms with Gasteiger partial charge < -0.3 is 15.5 Å². The third-order valence-electron chi connectivity index (χ3n) is 2.92. The third-order valence-corrected chi connectivity index (χ3v) is 2.92. The fourth-order valence-corrected chi connectivity index (χ4v) is 2.08. The number of amides is 2. The quantitative estimate of drug-likeness (QED) is 0.847. The lowest BCUT2D eigenvalue weighted by Gasteiger charge is -2.30. The molecule has 4 nitrogen and oxygen atoms in total. The zero-order valence-corrected chi connectivity index (χ0v) is 10.4. The average Bonchev–Trinajstić information content (AvgIpc) is 2.54. The van der Waals surface area contributed by atoms with E-state index in [0.29, 0.717) is 13.1 Å². The van der Waals surface area contributed by atoms with Gasteiger partial charge in [-0.2, -0.15) is 13.2 Å². The average molecular weight is 267 g/mol. The summed E-state index contributed by atoms with van der Waals surface area (Å²) in [7, 11) is 0. The highest BCUT2D eigenvalue weighted by Gasteiger charge is 2.34. The number of hydrogen-bond donors (Lipinski definition) is 1. The minimum Gasteiger partial charge on any atom is -0.329 e. The normalized spacial score (nSPS) is 17.4. The smallest absolute Gasteiger partial charge is 0.329 e. The van der Waals surface area contributed by atoms with Crippen LogP contribution >= 0.6 is 0 Å². The van der Waals surface area contributed by atoms with Gasteiger partial charge in [0.25, 0.3) is 0 Å². The van der Waals surface area contributed by atoms with Crippen LogP contribution in [0.3, 0.4) is 0 Å². The van der Waals surface area contributed by atoms with E-state index in [-0.39, 0.29) is 13.1 Å². The Kier molecular flexibility index (Phi) is 5.71.